The summed E-state index contributed by atoms with van der Waals surface area (Å²) >= 11 is 0. The van der Waals surface area contributed by atoms with Gasteiger partial charge in [0.25, 0.3) is 5.91 Å². The van der Waals surface area contributed by atoms with Crippen molar-refractivity contribution >= 4 is 28.9 Å². The molecular weight excluding hydrogens is 328 g/mol. The number of para-hydroxylation sites is 1. The van der Waals surface area contributed by atoms with Crippen LogP contribution < -0.4 is 5.32 Å². The Morgan fingerprint density at radius 3 is 2.81 bits per heavy atom. The van der Waals surface area contributed by atoms with Crippen LogP contribution in [0.4, 0.5) is 0 Å². The number of nitrogens with one attached hydrogen (secondary N) is 1. The Balaban J connectivity index is 1.76. The fourth-order valence-corrected chi connectivity index (χ4v) is 2.60. The molecule has 0 fully saturated rings. The van der Waals surface area contributed by atoms with Crippen molar-refractivity contribution in [1.82, 2.24) is 10.3 Å². The molecule has 1 aromatic carbocycles. The Labute approximate surface area is 154 Å². The molecule has 1 N–H and O–H groups in total. The maximum atomic E-state index is 11.8. The summed E-state index contributed by atoms with van der Waals surface area (Å²) in [4.78, 5) is 28.0. The van der Waals surface area contributed by atoms with E-state index in [0.29, 0.717) is 5.69 Å². The summed E-state index contributed by atoms with van der Waals surface area (Å²) in [6.07, 6.45) is 7.19. The highest BCUT2D eigenvalue weighted by atomic mass is 16.5. The highest BCUT2D eigenvalue weighted by Crippen LogP contribution is 2.12. The predicted octanol–water partition coefficient (Wildman–Crippen LogP) is 3.88. The number of pyridine rings is 1. The summed E-state index contributed by atoms with van der Waals surface area (Å²) < 4.78 is 4.97. The Hall–Kier alpha value is -2.69. The Kier molecular flexibility index (Phi) is 7.80. The lowest BCUT2D eigenvalue weighted by Crippen LogP contribution is -2.35. The van der Waals surface area contributed by atoms with Gasteiger partial charge in [0.1, 0.15) is 0 Å². The molecule has 0 saturated carbocycles. The van der Waals surface area contributed by atoms with Gasteiger partial charge in [0.2, 0.25) is 0 Å². The minimum absolute atomic E-state index is 0.0880. The minimum Gasteiger partial charge on any atom is -0.452 e. The van der Waals surface area contributed by atoms with Crippen LogP contribution in [0, 0.1) is 0 Å². The minimum atomic E-state index is -0.561. The summed E-state index contributed by atoms with van der Waals surface area (Å²) in [7, 11) is 0. The van der Waals surface area contributed by atoms with Gasteiger partial charge in [0.15, 0.2) is 6.61 Å². The third-order valence-electron chi connectivity index (χ3n) is 4.00. The molecule has 1 aromatic heterocycles. The lowest BCUT2D eigenvalue weighted by molar-refractivity contribution is -0.144. The SMILES string of the molecule is CCCCC[C@@H](C)NC(=O)COC(=O)/C=C/c1ccc2ccccc2n1. The molecule has 0 radical (unpaired) electrons. The maximum absolute atomic E-state index is 11.8. The summed E-state index contributed by atoms with van der Waals surface area (Å²) in [6.45, 7) is 3.83. The number of hydrogen-bond donors (Lipinski definition) is 1. The van der Waals surface area contributed by atoms with Crippen LogP contribution >= 0.6 is 0 Å². The van der Waals surface area contributed by atoms with E-state index < -0.39 is 5.97 Å². The molecule has 0 spiro atoms. The molecule has 1 atom stereocenters. The first-order valence-electron chi connectivity index (χ1n) is 9.08. The number of rotatable bonds is 9. The quantitative estimate of drug-likeness (QED) is 0.422. The van der Waals surface area contributed by atoms with E-state index in [1.54, 1.807) is 6.08 Å². The van der Waals surface area contributed by atoms with Gasteiger partial charge in [0, 0.05) is 17.5 Å². The first kappa shape index (κ1) is 19.6. The van der Waals surface area contributed by atoms with E-state index in [4.69, 9.17) is 4.74 Å². The monoisotopic (exact) mass is 354 g/mol. The van der Waals surface area contributed by atoms with Gasteiger partial charge >= 0.3 is 5.97 Å². The smallest absolute Gasteiger partial charge is 0.331 e. The predicted molar refractivity (Wildman–Crippen MR) is 103 cm³/mol. The average molecular weight is 354 g/mol. The summed E-state index contributed by atoms with van der Waals surface area (Å²) in [6, 6.07) is 11.6. The number of hydrogen-bond acceptors (Lipinski definition) is 4. The molecule has 5 heteroatoms. The van der Waals surface area contributed by atoms with Crippen LogP contribution in [-0.2, 0) is 14.3 Å². The fourth-order valence-electron chi connectivity index (χ4n) is 2.60. The van der Waals surface area contributed by atoms with Crippen molar-refractivity contribution in [2.45, 2.75) is 45.6 Å². The van der Waals surface area contributed by atoms with E-state index in [2.05, 4.69) is 17.2 Å². The average Bonchev–Trinajstić information content (AvgIpc) is 2.64. The Morgan fingerprint density at radius 2 is 2.00 bits per heavy atom. The van der Waals surface area contributed by atoms with Crippen LogP contribution in [0.3, 0.4) is 0 Å². The van der Waals surface area contributed by atoms with Gasteiger partial charge in [-0.3, -0.25) is 4.79 Å². The van der Waals surface area contributed by atoms with E-state index in [1.807, 2.05) is 43.3 Å². The molecule has 138 valence electrons. The van der Waals surface area contributed by atoms with Gasteiger partial charge in [-0.1, -0.05) is 50.5 Å². The van der Waals surface area contributed by atoms with Gasteiger partial charge < -0.3 is 10.1 Å². The molecule has 2 aromatic rings. The normalized spacial score (nSPS) is 12.2. The van der Waals surface area contributed by atoms with Crippen LogP contribution in [0.1, 0.15) is 45.2 Å². The molecule has 0 bridgehead atoms. The molecule has 0 aliphatic heterocycles. The van der Waals surface area contributed by atoms with E-state index in [-0.39, 0.29) is 18.6 Å². The van der Waals surface area contributed by atoms with Crippen LogP contribution in [-0.4, -0.2) is 29.5 Å². The molecule has 2 rings (SSSR count). The zero-order chi connectivity index (χ0) is 18.8. The molecular formula is C21H26N2O3. The van der Waals surface area contributed by atoms with Crippen LogP contribution in [0.15, 0.2) is 42.5 Å². The van der Waals surface area contributed by atoms with Crippen molar-refractivity contribution in [3.8, 4) is 0 Å². The van der Waals surface area contributed by atoms with Gasteiger partial charge in [-0.05, 0) is 31.6 Å². The number of carbonyl (C=O) groups excluding carboxylic acids is 2. The van der Waals surface area contributed by atoms with Gasteiger partial charge in [-0.2, -0.15) is 0 Å². The maximum Gasteiger partial charge on any atom is 0.331 e. The van der Waals surface area contributed by atoms with Crippen molar-refractivity contribution < 1.29 is 14.3 Å². The molecule has 0 aliphatic rings. The number of amides is 1. The number of ether oxygens (including phenoxy) is 1. The van der Waals surface area contributed by atoms with Crippen molar-refractivity contribution in [3.05, 3.63) is 48.2 Å². The van der Waals surface area contributed by atoms with E-state index in [9.17, 15) is 9.59 Å². The second-order valence-corrected chi connectivity index (χ2v) is 6.33. The van der Waals surface area contributed by atoms with Gasteiger partial charge in [-0.25, -0.2) is 9.78 Å². The van der Waals surface area contributed by atoms with E-state index in [1.165, 1.54) is 6.08 Å². The first-order chi connectivity index (χ1) is 12.6. The number of fused-ring (bicyclic) bond motifs is 1. The van der Waals surface area contributed by atoms with E-state index in [0.717, 1.165) is 36.6 Å². The number of aromatic nitrogens is 1. The molecule has 26 heavy (non-hydrogen) atoms. The van der Waals surface area contributed by atoms with Crippen molar-refractivity contribution in [1.29, 1.82) is 0 Å². The third kappa shape index (κ3) is 6.67. The highest BCUT2D eigenvalue weighted by molar-refractivity contribution is 5.89. The standard InChI is InChI=1S/C21H26N2O3/c1-3-4-5-8-16(2)22-20(24)15-26-21(25)14-13-18-12-11-17-9-6-7-10-19(17)23-18/h6-7,9-14,16H,3-5,8,15H2,1-2H3,(H,22,24)/b14-13+/t16-/m1/s1. The zero-order valence-corrected chi connectivity index (χ0v) is 15.4. The van der Waals surface area contributed by atoms with Crippen LogP contribution in [0.25, 0.3) is 17.0 Å². The van der Waals surface area contributed by atoms with Crippen molar-refractivity contribution in [3.63, 3.8) is 0 Å². The van der Waals surface area contributed by atoms with Crippen LogP contribution in [0.5, 0.6) is 0 Å². The van der Waals surface area contributed by atoms with Crippen molar-refractivity contribution in [2.75, 3.05) is 6.61 Å². The lowest BCUT2D eigenvalue weighted by Gasteiger charge is -2.13. The molecule has 1 amide bonds. The summed E-state index contributed by atoms with van der Waals surface area (Å²) in [5.41, 5.74) is 1.52. The van der Waals surface area contributed by atoms with E-state index >= 15 is 0 Å². The summed E-state index contributed by atoms with van der Waals surface area (Å²) in [5.74, 6) is -0.840. The molecule has 0 unspecified atom stereocenters. The lowest BCUT2D eigenvalue weighted by atomic mass is 10.1. The fraction of sp³-hybridized carbons (Fsp3) is 0.381. The molecule has 0 saturated heterocycles. The second kappa shape index (κ2) is 10.3. The largest absolute Gasteiger partial charge is 0.452 e. The van der Waals surface area contributed by atoms with Gasteiger partial charge in [-0.15, -0.1) is 0 Å². The second-order valence-electron chi connectivity index (χ2n) is 6.33. The first-order valence-corrected chi connectivity index (χ1v) is 9.08. The number of carbonyl (C=O) groups is 2. The Bertz CT molecular complexity index is 771. The van der Waals surface area contributed by atoms with Crippen LogP contribution in [0.2, 0.25) is 0 Å². The molecule has 0 aliphatic carbocycles. The molecule has 5 nitrogen and oxygen atoms in total. The van der Waals surface area contributed by atoms with Crippen molar-refractivity contribution in [2.24, 2.45) is 0 Å². The zero-order valence-electron chi connectivity index (χ0n) is 15.4. The number of nitrogens with zero attached hydrogens (tertiary/aromatic N) is 1. The summed E-state index contributed by atoms with van der Waals surface area (Å²) in [5, 5.41) is 3.87. The third-order valence-corrected chi connectivity index (χ3v) is 4.00. The van der Waals surface area contributed by atoms with Gasteiger partial charge in [0.05, 0.1) is 11.2 Å². The molecule has 1 heterocycles. The number of unbranched alkanes of at least 4 members (excludes halogenated alkanes) is 2. The highest BCUT2D eigenvalue weighted by Gasteiger charge is 2.09. The number of benzene rings is 1. The Morgan fingerprint density at radius 1 is 1.19 bits per heavy atom. The topological polar surface area (TPSA) is 68.3 Å². The number of esters is 1.